The standard InChI is InChI=1S/C6H6N6S/c7-6(8)12-2-11-4-3(12)5(13-6)10-1-9-4/h1-2H,7-8H2. The van der Waals surface area contributed by atoms with E-state index in [2.05, 4.69) is 15.0 Å². The summed E-state index contributed by atoms with van der Waals surface area (Å²) in [5.74, 6) is 0. The van der Waals surface area contributed by atoms with Gasteiger partial charge in [-0.15, -0.1) is 0 Å². The number of nitrogens with zero attached hydrogens (tertiary/aromatic N) is 4. The van der Waals surface area contributed by atoms with E-state index in [-0.39, 0.29) is 0 Å². The Morgan fingerprint density at radius 2 is 2.15 bits per heavy atom. The Bertz CT molecular complexity index is 489. The molecule has 2 aromatic rings. The first kappa shape index (κ1) is 7.25. The fourth-order valence-electron chi connectivity index (χ4n) is 1.37. The SMILES string of the molecule is NC1(N)Sc2ncnc3ncn1c23. The molecule has 0 aliphatic carbocycles. The summed E-state index contributed by atoms with van der Waals surface area (Å²) in [7, 11) is 0. The molecule has 0 spiro atoms. The molecule has 0 atom stereocenters. The van der Waals surface area contributed by atoms with Crippen LogP contribution in [0.5, 0.6) is 0 Å². The summed E-state index contributed by atoms with van der Waals surface area (Å²) in [5.41, 5.74) is 13.1. The highest BCUT2D eigenvalue weighted by atomic mass is 32.2. The minimum atomic E-state index is -0.979. The van der Waals surface area contributed by atoms with Crippen molar-refractivity contribution in [2.75, 3.05) is 0 Å². The minimum absolute atomic E-state index is 0.635. The third kappa shape index (κ3) is 0.781. The molecule has 6 nitrogen and oxygen atoms in total. The molecule has 1 aliphatic heterocycles. The Hall–Kier alpha value is -1.18. The second-order valence-corrected chi connectivity index (χ2v) is 4.06. The van der Waals surface area contributed by atoms with E-state index >= 15 is 0 Å². The predicted octanol–water partition coefficient (Wildman–Crippen LogP) is -0.583. The van der Waals surface area contributed by atoms with Gasteiger partial charge in [0.2, 0.25) is 5.12 Å². The average molecular weight is 194 g/mol. The Balaban J connectivity index is 2.49. The number of rotatable bonds is 0. The summed E-state index contributed by atoms with van der Waals surface area (Å²) in [6, 6.07) is 0. The predicted molar refractivity (Wildman–Crippen MR) is 47.5 cm³/mol. The van der Waals surface area contributed by atoms with Crippen LogP contribution in [0.15, 0.2) is 17.7 Å². The third-order valence-electron chi connectivity index (χ3n) is 1.94. The van der Waals surface area contributed by atoms with E-state index in [0.29, 0.717) is 5.65 Å². The van der Waals surface area contributed by atoms with E-state index in [1.165, 1.54) is 18.1 Å². The molecule has 13 heavy (non-hydrogen) atoms. The van der Waals surface area contributed by atoms with E-state index in [1.54, 1.807) is 10.9 Å². The zero-order chi connectivity index (χ0) is 9.05. The Morgan fingerprint density at radius 1 is 1.31 bits per heavy atom. The van der Waals surface area contributed by atoms with Gasteiger partial charge in [0.25, 0.3) is 0 Å². The van der Waals surface area contributed by atoms with Crippen LogP contribution in [0, 0.1) is 0 Å². The Kier molecular flexibility index (Phi) is 1.12. The maximum absolute atomic E-state index is 5.82. The van der Waals surface area contributed by atoms with Crippen molar-refractivity contribution >= 4 is 22.9 Å². The molecule has 0 bridgehead atoms. The summed E-state index contributed by atoms with van der Waals surface area (Å²) < 4.78 is 1.68. The number of aromatic nitrogens is 4. The average Bonchev–Trinajstić information content (AvgIpc) is 2.57. The van der Waals surface area contributed by atoms with Crippen LogP contribution < -0.4 is 11.5 Å². The van der Waals surface area contributed by atoms with Crippen molar-refractivity contribution in [3.8, 4) is 0 Å². The summed E-state index contributed by atoms with van der Waals surface area (Å²) in [6.07, 6.45) is 3.05. The molecule has 7 heteroatoms. The lowest BCUT2D eigenvalue weighted by Gasteiger charge is -2.17. The number of thioether (sulfide) groups is 1. The van der Waals surface area contributed by atoms with Crippen LogP contribution in [0.4, 0.5) is 0 Å². The van der Waals surface area contributed by atoms with Crippen molar-refractivity contribution in [3.05, 3.63) is 12.7 Å². The third-order valence-corrected chi connectivity index (χ3v) is 2.96. The van der Waals surface area contributed by atoms with Gasteiger partial charge in [-0.1, -0.05) is 0 Å². The van der Waals surface area contributed by atoms with E-state index in [4.69, 9.17) is 11.5 Å². The van der Waals surface area contributed by atoms with Crippen molar-refractivity contribution in [2.45, 2.75) is 10.1 Å². The number of nitrogens with two attached hydrogens (primary N) is 2. The molecule has 1 aliphatic rings. The van der Waals surface area contributed by atoms with Crippen molar-refractivity contribution < 1.29 is 0 Å². The molecule has 0 saturated heterocycles. The lowest BCUT2D eigenvalue weighted by molar-refractivity contribution is 0.503. The van der Waals surface area contributed by atoms with Crippen LogP contribution in [-0.4, -0.2) is 19.5 Å². The molecule has 0 fully saturated rings. The maximum atomic E-state index is 5.82. The van der Waals surface area contributed by atoms with Crippen LogP contribution in [0.25, 0.3) is 11.2 Å². The molecule has 0 saturated carbocycles. The molecule has 0 unspecified atom stereocenters. The smallest absolute Gasteiger partial charge is 0.202 e. The first-order chi connectivity index (χ1) is 6.18. The molecule has 0 aromatic carbocycles. The van der Waals surface area contributed by atoms with Crippen molar-refractivity contribution in [1.82, 2.24) is 19.5 Å². The number of imidazole rings is 1. The van der Waals surface area contributed by atoms with Gasteiger partial charge in [-0.25, -0.2) is 15.0 Å². The monoisotopic (exact) mass is 194 g/mol. The first-order valence-electron chi connectivity index (χ1n) is 3.64. The van der Waals surface area contributed by atoms with E-state index in [1.807, 2.05) is 0 Å². The highest BCUT2D eigenvalue weighted by Crippen LogP contribution is 2.39. The van der Waals surface area contributed by atoms with Crippen molar-refractivity contribution in [1.29, 1.82) is 0 Å². The highest BCUT2D eigenvalue weighted by Gasteiger charge is 2.34. The molecule has 4 N–H and O–H groups in total. The van der Waals surface area contributed by atoms with Gasteiger partial charge in [-0.2, -0.15) is 0 Å². The van der Waals surface area contributed by atoms with E-state index in [0.717, 1.165) is 10.5 Å². The lowest BCUT2D eigenvalue weighted by atomic mass is 10.5. The molecule has 3 rings (SSSR count). The van der Waals surface area contributed by atoms with Gasteiger partial charge in [0.15, 0.2) is 5.65 Å². The molecule has 3 heterocycles. The Morgan fingerprint density at radius 3 is 3.00 bits per heavy atom. The van der Waals surface area contributed by atoms with Gasteiger partial charge >= 0.3 is 0 Å². The van der Waals surface area contributed by atoms with Crippen LogP contribution in [-0.2, 0) is 5.12 Å². The summed E-state index contributed by atoms with van der Waals surface area (Å²) in [5, 5.41) is -0.194. The molecule has 0 amide bonds. The fourth-order valence-corrected chi connectivity index (χ4v) is 2.31. The second kappa shape index (κ2) is 2.00. The number of hydrogen-bond acceptors (Lipinski definition) is 6. The van der Waals surface area contributed by atoms with E-state index in [9.17, 15) is 0 Å². The second-order valence-electron chi connectivity index (χ2n) is 2.82. The van der Waals surface area contributed by atoms with Crippen molar-refractivity contribution in [3.63, 3.8) is 0 Å². The largest absolute Gasteiger partial charge is 0.286 e. The fraction of sp³-hybridized carbons (Fsp3) is 0.167. The van der Waals surface area contributed by atoms with Gasteiger partial charge in [-0.05, 0) is 11.8 Å². The topological polar surface area (TPSA) is 95.6 Å². The number of hydrogen-bond donors (Lipinski definition) is 2. The normalized spacial score (nSPS) is 18.3. The molecular formula is C6H6N6S. The van der Waals surface area contributed by atoms with Crippen LogP contribution in [0.1, 0.15) is 0 Å². The van der Waals surface area contributed by atoms with Gasteiger partial charge in [0.1, 0.15) is 23.2 Å². The van der Waals surface area contributed by atoms with Gasteiger partial charge in [0.05, 0.1) is 0 Å². The van der Waals surface area contributed by atoms with Gasteiger partial charge in [-0.3, -0.25) is 16.0 Å². The van der Waals surface area contributed by atoms with Crippen molar-refractivity contribution in [2.24, 2.45) is 11.5 Å². The maximum Gasteiger partial charge on any atom is 0.202 e. The van der Waals surface area contributed by atoms with Crippen LogP contribution in [0.2, 0.25) is 0 Å². The molecular weight excluding hydrogens is 188 g/mol. The first-order valence-corrected chi connectivity index (χ1v) is 4.45. The minimum Gasteiger partial charge on any atom is -0.286 e. The zero-order valence-corrected chi connectivity index (χ0v) is 7.32. The van der Waals surface area contributed by atoms with Gasteiger partial charge in [0, 0.05) is 0 Å². The lowest BCUT2D eigenvalue weighted by Crippen LogP contribution is -2.45. The van der Waals surface area contributed by atoms with Gasteiger partial charge < -0.3 is 0 Å². The van der Waals surface area contributed by atoms with Crippen LogP contribution >= 0.6 is 11.8 Å². The summed E-state index contributed by atoms with van der Waals surface area (Å²) in [6.45, 7) is 0. The molecule has 0 radical (unpaired) electrons. The Labute approximate surface area is 77.4 Å². The summed E-state index contributed by atoms with van der Waals surface area (Å²) in [4.78, 5) is 12.1. The zero-order valence-electron chi connectivity index (χ0n) is 6.51. The molecule has 66 valence electrons. The highest BCUT2D eigenvalue weighted by molar-refractivity contribution is 8.00. The molecule has 2 aromatic heterocycles. The summed E-state index contributed by atoms with van der Waals surface area (Å²) >= 11 is 1.31. The van der Waals surface area contributed by atoms with E-state index < -0.39 is 5.12 Å². The van der Waals surface area contributed by atoms with Crippen LogP contribution in [0.3, 0.4) is 0 Å². The quantitative estimate of drug-likeness (QED) is 0.430.